The van der Waals surface area contributed by atoms with E-state index in [0.717, 1.165) is 0 Å². The van der Waals surface area contributed by atoms with Gasteiger partial charge in [0.1, 0.15) is 0 Å². The number of rotatable bonds is 6. The third-order valence-corrected chi connectivity index (χ3v) is 1.10. The molecule has 0 aliphatic heterocycles. The minimum absolute atomic E-state index is 0.104. The molecule has 0 heterocycles. The van der Waals surface area contributed by atoms with Crippen molar-refractivity contribution in [2.24, 2.45) is 5.73 Å². The Hall–Kier alpha value is -1.36. The molecule has 0 aromatic rings. The van der Waals surface area contributed by atoms with Crippen molar-refractivity contribution >= 4 is 11.9 Å². The van der Waals surface area contributed by atoms with Crippen LogP contribution in [0.25, 0.3) is 0 Å². The van der Waals surface area contributed by atoms with Crippen LogP contribution in [-0.4, -0.2) is 31.6 Å². The first-order chi connectivity index (χ1) is 6.16. The van der Waals surface area contributed by atoms with Crippen LogP contribution in [0.15, 0.2) is 12.2 Å². The van der Waals surface area contributed by atoms with E-state index in [4.69, 9.17) is 5.73 Å². The zero-order valence-corrected chi connectivity index (χ0v) is 7.58. The zero-order chi connectivity index (χ0) is 10.1. The van der Waals surface area contributed by atoms with E-state index in [9.17, 15) is 9.59 Å². The first-order valence-corrected chi connectivity index (χ1v) is 3.99. The van der Waals surface area contributed by atoms with Crippen LogP contribution >= 0.6 is 0 Å². The van der Waals surface area contributed by atoms with Gasteiger partial charge in [-0.2, -0.15) is 0 Å². The second-order valence-corrected chi connectivity index (χ2v) is 2.25. The maximum absolute atomic E-state index is 10.7. The molecule has 0 aliphatic rings. The predicted molar refractivity (Wildman–Crippen MR) is 47.8 cm³/mol. The van der Waals surface area contributed by atoms with E-state index < -0.39 is 5.91 Å². The Morgan fingerprint density at radius 1 is 1.54 bits per heavy atom. The maximum atomic E-state index is 10.7. The minimum atomic E-state index is -0.426. The smallest absolute Gasteiger partial charge is 0.330 e. The fourth-order valence-electron chi connectivity index (χ4n) is 0.624. The van der Waals surface area contributed by atoms with Crippen LogP contribution in [0.2, 0.25) is 0 Å². The SMILES string of the molecule is CCOC(=O)/C=C/CNCC(N)=O. The fraction of sp³-hybridized carbons (Fsp3) is 0.500. The first-order valence-electron chi connectivity index (χ1n) is 3.99. The Morgan fingerprint density at radius 3 is 2.77 bits per heavy atom. The van der Waals surface area contributed by atoms with Gasteiger partial charge in [-0.05, 0) is 6.92 Å². The second kappa shape index (κ2) is 7.30. The molecule has 0 rings (SSSR count). The number of hydrogen-bond acceptors (Lipinski definition) is 4. The largest absolute Gasteiger partial charge is 0.463 e. The number of carbonyl (C=O) groups is 2. The van der Waals surface area contributed by atoms with Gasteiger partial charge in [0.25, 0.3) is 0 Å². The monoisotopic (exact) mass is 186 g/mol. The Kier molecular flexibility index (Phi) is 6.53. The lowest BCUT2D eigenvalue weighted by atomic mass is 10.4. The van der Waals surface area contributed by atoms with Crippen molar-refractivity contribution in [3.05, 3.63) is 12.2 Å². The second-order valence-electron chi connectivity index (χ2n) is 2.25. The molecule has 13 heavy (non-hydrogen) atoms. The highest BCUT2D eigenvalue weighted by Gasteiger charge is 1.92. The molecule has 0 aromatic heterocycles. The van der Waals surface area contributed by atoms with E-state index in [-0.39, 0.29) is 12.5 Å². The van der Waals surface area contributed by atoms with Crippen LogP contribution in [0.1, 0.15) is 6.92 Å². The molecule has 0 unspecified atom stereocenters. The molecule has 0 atom stereocenters. The summed E-state index contributed by atoms with van der Waals surface area (Å²) < 4.78 is 4.62. The van der Waals surface area contributed by atoms with Gasteiger partial charge in [-0.25, -0.2) is 4.79 Å². The third-order valence-electron chi connectivity index (χ3n) is 1.10. The van der Waals surface area contributed by atoms with Gasteiger partial charge in [-0.3, -0.25) is 4.79 Å². The van der Waals surface area contributed by atoms with Crippen LogP contribution in [-0.2, 0) is 14.3 Å². The van der Waals surface area contributed by atoms with Crippen LogP contribution in [0, 0.1) is 0 Å². The third kappa shape index (κ3) is 8.55. The summed E-state index contributed by atoms with van der Waals surface area (Å²) in [6.45, 7) is 2.61. The van der Waals surface area contributed by atoms with E-state index in [1.807, 2.05) is 0 Å². The number of hydrogen-bond donors (Lipinski definition) is 2. The van der Waals surface area contributed by atoms with Gasteiger partial charge in [0, 0.05) is 12.6 Å². The van der Waals surface area contributed by atoms with Crippen molar-refractivity contribution < 1.29 is 14.3 Å². The van der Waals surface area contributed by atoms with Crippen molar-refractivity contribution in [3.8, 4) is 0 Å². The van der Waals surface area contributed by atoms with Gasteiger partial charge >= 0.3 is 5.97 Å². The van der Waals surface area contributed by atoms with Crippen LogP contribution in [0.4, 0.5) is 0 Å². The molecule has 0 aliphatic carbocycles. The summed E-state index contributed by atoms with van der Waals surface area (Å²) in [5.74, 6) is -0.812. The predicted octanol–water partition coefficient (Wildman–Crippen LogP) is -0.819. The average molecular weight is 186 g/mol. The Bertz CT molecular complexity index is 202. The molecule has 0 spiro atoms. The van der Waals surface area contributed by atoms with E-state index in [1.54, 1.807) is 13.0 Å². The normalized spacial score (nSPS) is 10.2. The number of carbonyl (C=O) groups excluding carboxylic acids is 2. The quantitative estimate of drug-likeness (QED) is 0.322. The Morgan fingerprint density at radius 2 is 2.23 bits per heavy atom. The number of ether oxygens (including phenoxy) is 1. The van der Waals surface area contributed by atoms with Crippen molar-refractivity contribution in [2.45, 2.75) is 6.92 Å². The van der Waals surface area contributed by atoms with Crippen LogP contribution in [0.5, 0.6) is 0 Å². The number of amides is 1. The molecule has 3 N–H and O–H groups in total. The lowest BCUT2D eigenvalue weighted by Crippen LogP contribution is -2.28. The molecular weight excluding hydrogens is 172 g/mol. The molecule has 0 saturated carbocycles. The standard InChI is InChI=1S/C8H14N2O3/c1-2-13-8(12)4-3-5-10-6-7(9)11/h3-4,10H,2,5-6H2,1H3,(H2,9,11)/b4-3+. The molecule has 0 bridgehead atoms. The summed E-state index contributed by atoms with van der Waals surface area (Å²) in [6.07, 6.45) is 2.87. The maximum Gasteiger partial charge on any atom is 0.330 e. The summed E-state index contributed by atoms with van der Waals surface area (Å²) >= 11 is 0. The summed E-state index contributed by atoms with van der Waals surface area (Å²) in [7, 11) is 0. The van der Waals surface area contributed by atoms with Gasteiger partial charge in [-0.15, -0.1) is 0 Å². The van der Waals surface area contributed by atoms with Gasteiger partial charge in [0.2, 0.25) is 5.91 Å². The molecule has 0 aromatic carbocycles. The Labute approximate surface area is 76.9 Å². The molecule has 5 nitrogen and oxygen atoms in total. The minimum Gasteiger partial charge on any atom is -0.463 e. The van der Waals surface area contributed by atoms with Crippen molar-refractivity contribution in [3.63, 3.8) is 0 Å². The summed E-state index contributed by atoms with van der Waals surface area (Å²) in [6, 6.07) is 0. The first kappa shape index (κ1) is 11.6. The Balaban J connectivity index is 3.40. The van der Waals surface area contributed by atoms with E-state index >= 15 is 0 Å². The van der Waals surface area contributed by atoms with Gasteiger partial charge in [-0.1, -0.05) is 6.08 Å². The molecule has 0 saturated heterocycles. The number of nitrogens with two attached hydrogens (primary N) is 1. The molecule has 0 fully saturated rings. The number of nitrogens with one attached hydrogen (secondary N) is 1. The topological polar surface area (TPSA) is 81.4 Å². The van der Waals surface area contributed by atoms with Crippen LogP contribution < -0.4 is 11.1 Å². The van der Waals surface area contributed by atoms with Gasteiger partial charge < -0.3 is 15.8 Å². The van der Waals surface area contributed by atoms with Crippen molar-refractivity contribution in [1.82, 2.24) is 5.32 Å². The van der Waals surface area contributed by atoms with Gasteiger partial charge in [0.15, 0.2) is 0 Å². The highest BCUT2D eigenvalue weighted by Crippen LogP contribution is 1.79. The van der Waals surface area contributed by atoms with Crippen LogP contribution in [0.3, 0.4) is 0 Å². The fourth-order valence-corrected chi connectivity index (χ4v) is 0.624. The lowest BCUT2D eigenvalue weighted by molar-refractivity contribution is -0.137. The van der Waals surface area contributed by atoms with Gasteiger partial charge in [0.05, 0.1) is 13.2 Å². The number of primary amides is 1. The van der Waals surface area contributed by atoms with Crippen molar-refractivity contribution in [2.75, 3.05) is 19.7 Å². The number of esters is 1. The molecule has 0 radical (unpaired) electrons. The molecule has 1 amide bonds. The molecule has 5 heteroatoms. The van der Waals surface area contributed by atoms with Crippen molar-refractivity contribution in [1.29, 1.82) is 0 Å². The zero-order valence-electron chi connectivity index (χ0n) is 7.58. The van der Waals surface area contributed by atoms with E-state index in [2.05, 4.69) is 10.1 Å². The highest BCUT2D eigenvalue weighted by atomic mass is 16.5. The summed E-state index contributed by atoms with van der Waals surface area (Å²) in [4.78, 5) is 21.0. The molecular formula is C8H14N2O3. The van der Waals surface area contributed by atoms with E-state index in [1.165, 1.54) is 6.08 Å². The van der Waals surface area contributed by atoms with E-state index in [0.29, 0.717) is 13.2 Å². The lowest BCUT2D eigenvalue weighted by Gasteiger charge is -1.96. The highest BCUT2D eigenvalue weighted by molar-refractivity contribution is 5.81. The molecule has 74 valence electrons. The average Bonchev–Trinajstić information content (AvgIpc) is 2.03. The summed E-state index contributed by atoms with van der Waals surface area (Å²) in [5.41, 5.74) is 4.87. The summed E-state index contributed by atoms with van der Waals surface area (Å²) in [5, 5.41) is 2.71.